The fourth-order valence-corrected chi connectivity index (χ4v) is 2.74. The van der Waals surface area contributed by atoms with Crippen LogP contribution in [0.5, 0.6) is 0 Å². The molecule has 1 fully saturated rings. The van der Waals surface area contributed by atoms with Gasteiger partial charge in [-0.25, -0.2) is 0 Å². The zero-order valence-electron chi connectivity index (χ0n) is 9.86. The molecule has 0 saturated carbocycles. The second kappa shape index (κ2) is 4.86. The highest BCUT2D eigenvalue weighted by Crippen LogP contribution is 2.27. The third-order valence-corrected chi connectivity index (χ3v) is 4.07. The van der Waals surface area contributed by atoms with Crippen molar-refractivity contribution in [3.63, 3.8) is 0 Å². The second-order valence-electron chi connectivity index (χ2n) is 4.83. The minimum Gasteiger partial charge on any atom is -0.326 e. The molecule has 2 rings (SSSR count). The van der Waals surface area contributed by atoms with Crippen LogP contribution in [0.1, 0.15) is 25.5 Å². The molecule has 1 saturated heterocycles. The van der Waals surface area contributed by atoms with E-state index in [9.17, 15) is 0 Å². The maximum Gasteiger partial charge on any atom is 0.0321 e. The van der Waals surface area contributed by atoms with E-state index in [1.165, 1.54) is 5.56 Å². The molecule has 1 aliphatic rings. The van der Waals surface area contributed by atoms with Gasteiger partial charge in [0.1, 0.15) is 0 Å². The molecule has 0 radical (unpaired) electrons. The van der Waals surface area contributed by atoms with Gasteiger partial charge in [0.25, 0.3) is 0 Å². The summed E-state index contributed by atoms with van der Waals surface area (Å²) in [5, 5.41) is 0. The van der Waals surface area contributed by atoms with E-state index in [1.807, 2.05) is 0 Å². The molecule has 3 unspecified atom stereocenters. The monoisotopic (exact) mass is 282 g/mol. The molecular weight excluding hydrogens is 264 g/mol. The predicted molar refractivity (Wildman–Crippen MR) is 71.3 cm³/mol. The zero-order chi connectivity index (χ0) is 11.7. The van der Waals surface area contributed by atoms with E-state index in [1.54, 1.807) is 0 Å². The fourth-order valence-electron chi connectivity index (χ4n) is 2.32. The Kier molecular flexibility index (Phi) is 3.67. The van der Waals surface area contributed by atoms with Crippen LogP contribution in [-0.4, -0.2) is 24.0 Å². The highest BCUT2D eigenvalue weighted by atomic mass is 79.9. The first-order valence-electron chi connectivity index (χ1n) is 5.83. The van der Waals surface area contributed by atoms with Crippen molar-refractivity contribution >= 4 is 15.9 Å². The highest BCUT2D eigenvalue weighted by molar-refractivity contribution is 9.10. The molecule has 3 atom stereocenters. The maximum atomic E-state index is 6.06. The molecule has 0 aromatic heterocycles. The smallest absolute Gasteiger partial charge is 0.0321 e. The van der Waals surface area contributed by atoms with E-state index in [-0.39, 0.29) is 0 Å². The minimum atomic E-state index is 0.328. The summed E-state index contributed by atoms with van der Waals surface area (Å²) in [6.07, 6.45) is 0. The van der Waals surface area contributed by atoms with Gasteiger partial charge in [0.15, 0.2) is 0 Å². The molecule has 1 aromatic rings. The Morgan fingerprint density at radius 3 is 2.75 bits per heavy atom. The van der Waals surface area contributed by atoms with Gasteiger partial charge < -0.3 is 5.73 Å². The van der Waals surface area contributed by atoms with Crippen molar-refractivity contribution in [1.82, 2.24) is 4.90 Å². The molecule has 3 heteroatoms. The Balaban J connectivity index is 2.11. The third kappa shape index (κ3) is 2.47. The molecule has 0 amide bonds. The molecule has 88 valence electrons. The standard InChI is InChI=1S/C13H19BrN2/c1-9-7-16(8-13(9)15)10(2)11-4-3-5-12(14)6-11/h3-6,9-10,13H,7-8,15H2,1-2H3. The van der Waals surface area contributed by atoms with E-state index in [0.717, 1.165) is 17.6 Å². The molecule has 1 aliphatic heterocycles. The van der Waals surface area contributed by atoms with Crippen LogP contribution in [0.4, 0.5) is 0 Å². The Morgan fingerprint density at radius 2 is 2.19 bits per heavy atom. The van der Waals surface area contributed by atoms with Gasteiger partial charge in [0.2, 0.25) is 0 Å². The van der Waals surface area contributed by atoms with Crippen LogP contribution in [0.2, 0.25) is 0 Å². The van der Waals surface area contributed by atoms with Crippen molar-refractivity contribution in [3.05, 3.63) is 34.3 Å². The largest absolute Gasteiger partial charge is 0.326 e. The molecule has 2 N–H and O–H groups in total. The number of hydrogen-bond donors (Lipinski definition) is 1. The Labute approximate surface area is 106 Å². The number of hydrogen-bond acceptors (Lipinski definition) is 2. The van der Waals surface area contributed by atoms with Gasteiger partial charge in [0, 0.05) is 29.6 Å². The molecular formula is C13H19BrN2. The quantitative estimate of drug-likeness (QED) is 0.904. The summed E-state index contributed by atoms with van der Waals surface area (Å²) in [7, 11) is 0. The van der Waals surface area contributed by atoms with Crippen LogP contribution in [0.15, 0.2) is 28.7 Å². The first kappa shape index (κ1) is 12.1. The molecule has 0 spiro atoms. The van der Waals surface area contributed by atoms with E-state index in [2.05, 4.69) is 58.9 Å². The lowest BCUT2D eigenvalue weighted by atomic mass is 10.1. The summed E-state index contributed by atoms with van der Waals surface area (Å²) < 4.78 is 1.15. The lowest BCUT2D eigenvalue weighted by Gasteiger charge is -2.24. The first-order valence-corrected chi connectivity index (χ1v) is 6.62. The summed E-state index contributed by atoms with van der Waals surface area (Å²) >= 11 is 3.52. The Morgan fingerprint density at radius 1 is 1.44 bits per heavy atom. The Bertz CT molecular complexity index is 357. The number of benzene rings is 1. The number of nitrogens with zero attached hydrogens (tertiary/aromatic N) is 1. The molecule has 2 nitrogen and oxygen atoms in total. The number of nitrogens with two attached hydrogens (primary N) is 1. The van der Waals surface area contributed by atoms with Gasteiger partial charge in [-0.15, -0.1) is 0 Å². The van der Waals surface area contributed by atoms with Crippen molar-refractivity contribution in [2.75, 3.05) is 13.1 Å². The topological polar surface area (TPSA) is 29.3 Å². The van der Waals surface area contributed by atoms with Gasteiger partial charge in [-0.1, -0.05) is 35.0 Å². The maximum absolute atomic E-state index is 6.06. The van der Waals surface area contributed by atoms with Gasteiger partial charge in [0.05, 0.1) is 0 Å². The van der Waals surface area contributed by atoms with Crippen LogP contribution in [0.3, 0.4) is 0 Å². The second-order valence-corrected chi connectivity index (χ2v) is 5.74. The van der Waals surface area contributed by atoms with Gasteiger partial charge in [-0.3, -0.25) is 4.90 Å². The summed E-state index contributed by atoms with van der Waals surface area (Å²) in [5.41, 5.74) is 7.42. The average Bonchev–Trinajstić information content (AvgIpc) is 2.58. The van der Waals surface area contributed by atoms with Crippen LogP contribution < -0.4 is 5.73 Å². The number of halogens is 1. The first-order chi connectivity index (χ1) is 7.58. The minimum absolute atomic E-state index is 0.328. The normalized spacial score (nSPS) is 28.2. The molecule has 0 aliphatic carbocycles. The van der Waals surface area contributed by atoms with Crippen molar-refractivity contribution < 1.29 is 0 Å². The van der Waals surface area contributed by atoms with Gasteiger partial charge in [-0.2, -0.15) is 0 Å². The van der Waals surface area contributed by atoms with E-state index in [0.29, 0.717) is 18.0 Å². The van der Waals surface area contributed by atoms with Crippen LogP contribution in [0, 0.1) is 5.92 Å². The van der Waals surface area contributed by atoms with E-state index in [4.69, 9.17) is 5.73 Å². The summed E-state index contributed by atoms with van der Waals surface area (Å²) in [4.78, 5) is 2.47. The molecule has 16 heavy (non-hydrogen) atoms. The van der Waals surface area contributed by atoms with Crippen molar-refractivity contribution in [2.24, 2.45) is 11.7 Å². The third-order valence-electron chi connectivity index (χ3n) is 3.58. The van der Waals surface area contributed by atoms with Crippen molar-refractivity contribution in [1.29, 1.82) is 0 Å². The summed E-state index contributed by atoms with van der Waals surface area (Å²) in [6.45, 7) is 6.61. The molecule has 1 heterocycles. The van der Waals surface area contributed by atoms with Gasteiger partial charge in [-0.05, 0) is 30.5 Å². The lowest BCUT2D eigenvalue weighted by molar-refractivity contribution is 0.253. The van der Waals surface area contributed by atoms with Crippen LogP contribution in [0.25, 0.3) is 0 Å². The Hall–Kier alpha value is -0.380. The van der Waals surface area contributed by atoms with E-state index < -0.39 is 0 Å². The number of rotatable bonds is 2. The van der Waals surface area contributed by atoms with Gasteiger partial charge >= 0.3 is 0 Å². The average molecular weight is 283 g/mol. The van der Waals surface area contributed by atoms with E-state index >= 15 is 0 Å². The van der Waals surface area contributed by atoms with Crippen molar-refractivity contribution in [3.8, 4) is 0 Å². The molecule has 1 aromatic carbocycles. The van der Waals surface area contributed by atoms with Crippen LogP contribution >= 0.6 is 15.9 Å². The predicted octanol–water partition coefficient (Wildman–Crippen LogP) is 2.79. The fraction of sp³-hybridized carbons (Fsp3) is 0.538. The van der Waals surface area contributed by atoms with Crippen molar-refractivity contribution in [2.45, 2.75) is 25.9 Å². The lowest BCUT2D eigenvalue weighted by Crippen LogP contribution is -2.29. The SMILES string of the molecule is CC1CN(C(C)c2cccc(Br)c2)CC1N. The summed E-state index contributed by atoms with van der Waals surface area (Å²) in [5.74, 6) is 0.606. The highest BCUT2D eigenvalue weighted by Gasteiger charge is 2.29. The van der Waals surface area contributed by atoms with Crippen LogP contribution in [-0.2, 0) is 0 Å². The zero-order valence-corrected chi connectivity index (χ0v) is 11.4. The summed E-state index contributed by atoms with van der Waals surface area (Å²) in [6, 6.07) is 9.32. The molecule has 0 bridgehead atoms. The number of likely N-dealkylation sites (tertiary alicyclic amines) is 1.